The third-order valence-electron chi connectivity index (χ3n) is 4.03. The fourth-order valence-electron chi connectivity index (χ4n) is 2.77. The van der Waals surface area contributed by atoms with Gasteiger partial charge in [0.25, 0.3) is 0 Å². The largest absolute Gasteiger partial charge is 0.371 e. The first kappa shape index (κ1) is 16.9. The third kappa shape index (κ3) is 4.34. The van der Waals surface area contributed by atoms with E-state index < -0.39 is 0 Å². The molecular formula is C18H19Cl2N3O. The molecule has 0 spiro atoms. The summed E-state index contributed by atoms with van der Waals surface area (Å²) in [4.78, 5) is 14.4. The number of nitrogens with zero attached hydrogens (tertiary/aromatic N) is 1. The maximum absolute atomic E-state index is 12.1. The van der Waals surface area contributed by atoms with Crippen LogP contribution in [0.4, 0.5) is 16.2 Å². The van der Waals surface area contributed by atoms with E-state index in [1.807, 2.05) is 18.2 Å². The Labute approximate surface area is 151 Å². The summed E-state index contributed by atoms with van der Waals surface area (Å²) in [5, 5.41) is 6.78. The molecule has 4 nitrogen and oxygen atoms in total. The second-order valence-corrected chi connectivity index (χ2v) is 6.63. The number of urea groups is 1. The molecular weight excluding hydrogens is 345 g/mol. The average molecular weight is 364 g/mol. The molecule has 0 saturated carbocycles. The zero-order chi connectivity index (χ0) is 16.9. The molecule has 0 aromatic heterocycles. The molecule has 0 radical (unpaired) electrons. The first-order chi connectivity index (χ1) is 11.6. The number of nitrogens with one attached hydrogen (secondary N) is 2. The van der Waals surface area contributed by atoms with Gasteiger partial charge in [0.05, 0.1) is 0 Å². The molecule has 2 aromatic rings. The molecule has 1 aliphatic heterocycles. The zero-order valence-corrected chi connectivity index (χ0v) is 14.7. The summed E-state index contributed by atoms with van der Waals surface area (Å²) >= 11 is 12.0. The summed E-state index contributed by atoms with van der Waals surface area (Å²) in [6.45, 7) is 2.49. The summed E-state index contributed by atoms with van der Waals surface area (Å²) in [5.74, 6) is 0. The average Bonchev–Trinajstić information content (AvgIpc) is 3.09. The number of hydrogen-bond acceptors (Lipinski definition) is 2. The van der Waals surface area contributed by atoms with Crippen molar-refractivity contribution in [2.24, 2.45) is 0 Å². The van der Waals surface area contributed by atoms with Crippen LogP contribution in [0.1, 0.15) is 18.4 Å². The number of halogens is 2. The second kappa shape index (κ2) is 7.77. The Hall–Kier alpha value is -1.91. The van der Waals surface area contributed by atoms with Crippen molar-refractivity contribution in [2.75, 3.05) is 23.3 Å². The first-order valence-electron chi connectivity index (χ1n) is 7.95. The zero-order valence-electron chi connectivity index (χ0n) is 13.2. The third-order valence-corrected chi connectivity index (χ3v) is 4.62. The van der Waals surface area contributed by atoms with Crippen molar-refractivity contribution < 1.29 is 4.79 Å². The summed E-state index contributed by atoms with van der Waals surface area (Å²) in [7, 11) is 0. The predicted molar refractivity (Wildman–Crippen MR) is 100 cm³/mol. The van der Waals surface area contributed by atoms with Gasteiger partial charge in [-0.15, -0.1) is 0 Å². The molecule has 24 heavy (non-hydrogen) atoms. The van der Waals surface area contributed by atoms with Gasteiger partial charge in [0.2, 0.25) is 0 Å². The van der Waals surface area contributed by atoms with Crippen LogP contribution in [0.2, 0.25) is 10.0 Å². The molecule has 3 rings (SSSR count). The monoisotopic (exact) mass is 363 g/mol. The lowest BCUT2D eigenvalue weighted by Crippen LogP contribution is -2.28. The predicted octanol–water partition coefficient (Wildman–Crippen LogP) is 4.92. The molecule has 1 aliphatic rings. The van der Waals surface area contributed by atoms with E-state index in [1.165, 1.54) is 12.8 Å². The smallest absolute Gasteiger partial charge is 0.319 e. The minimum atomic E-state index is -0.264. The molecule has 1 fully saturated rings. The van der Waals surface area contributed by atoms with E-state index in [9.17, 15) is 4.79 Å². The highest BCUT2D eigenvalue weighted by molar-refractivity contribution is 6.35. The minimum Gasteiger partial charge on any atom is -0.371 e. The van der Waals surface area contributed by atoms with Gasteiger partial charge in [0.15, 0.2) is 0 Å². The van der Waals surface area contributed by atoms with Crippen LogP contribution < -0.4 is 15.5 Å². The van der Waals surface area contributed by atoms with Crippen molar-refractivity contribution in [1.82, 2.24) is 5.32 Å². The molecule has 0 aliphatic carbocycles. The highest BCUT2D eigenvalue weighted by atomic mass is 35.5. The molecule has 0 atom stereocenters. The van der Waals surface area contributed by atoms with Gasteiger partial charge >= 0.3 is 6.03 Å². The fraction of sp³-hybridized carbons (Fsp3) is 0.278. The Morgan fingerprint density at radius 2 is 1.88 bits per heavy atom. The number of carbonyl (C=O) groups is 1. The highest BCUT2D eigenvalue weighted by Gasteiger charge is 2.13. The number of anilines is 2. The molecule has 6 heteroatoms. The van der Waals surface area contributed by atoms with E-state index in [0.29, 0.717) is 16.6 Å². The summed E-state index contributed by atoms with van der Waals surface area (Å²) in [6, 6.07) is 12.9. The fourth-order valence-corrected chi connectivity index (χ4v) is 3.25. The van der Waals surface area contributed by atoms with Gasteiger partial charge in [-0.1, -0.05) is 35.3 Å². The molecule has 0 bridgehead atoms. The van der Waals surface area contributed by atoms with Crippen LogP contribution >= 0.6 is 23.2 Å². The Balaban J connectivity index is 1.57. The topological polar surface area (TPSA) is 44.4 Å². The Bertz CT molecular complexity index is 730. The van der Waals surface area contributed by atoms with E-state index in [1.54, 1.807) is 18.2 Å². The van der Waals surface area contributed by atoms with E-state index >= 15 is 0 Å². The van der Waals surface area contributed by atoms with Crippen molar-refractivity contribution in [3.63, 3.8) is 0 Å². The molecule has 126 valence electrons. The standard InChI is InChI=1S/C18H19Cl2N3O/c19-14-7-6-13(17(20)10-14)12-21-18(24)22-15-4-3-5-16(11-15)23-8-1-2-9-23/h3-7,10-11H,1-2,8-9,12H2,(H2,21,22,24). The summed E-state index contributed by atoms with van der Waals surface area (Å²) in [5.41, 5.74) is 2.74. The number of hydrogen-bond donors (Lipinski definition) is 2. The normalized spacial score (nSPS) is 13.8. The molecule has 1 saturated heterocycles. The lowest BCUT2D eigenvalue weighted by molar-refractivity contribution is 0.252. The van der Waals surface area contributed by atoms with E-state index in [4.69, 9.17) is 23.2 Å². The number of benzene rings is 2. The van der Waals surface area contributed by atoms with Crippen molar-refractivity contribution >= 4 is 40.6 Å². The van der Waals surface area contributed by atoms with E-state index in [-0.39, 0.29) is 6.03 Å². The van der Waals surface area contributed by atoms with Gasteiger partial charge in [-0.05, 0) is 48.7 Å². The second-order valence-electron chi connectivity index (χ2n) is 5.79. The highest BCUT2D eigenvalue weighted by Crippen LogP contribution is 2.23. The van der Waals surface area contributed by atoms with Gasteiger partial charge in [-0.3, -0.25) is 0 Å². The minimum absolute atomic E-state index is 0.264. The maximum Gasteiger partial charge on any atom is 0.319 e. The van der Waals surface area contributed by atoms with E-state index in [2.05, 4.69) is 21.6 Å². The van der Waals surface area contributed by atoms with Crippen LogP contribution in [-0.2, 0) is 6.54 Å². The van der Waals surface area contributed by atoms with Crippen LogP contribution in [-0.4, -0.2) is 19.1 Å². The molecule has 2 N–H and O–H groups in total. The molecule has 0 unspecified atom stereocenters. The number of amides is 2. The quantitative estimate of drug-likeness (QED) is 0.809. The van der Waals surface area contributed by atoms with Crippen LogP contribution in [0, 0.1) is 0 Å². The summed E-state index contributed by atoms with van der Waals surface area (Å²) in [6.07, 6.45) is 2.44. The Morgan fingerprint density at radius 3 is 2.62 bits per heavy atom. The van der Waals surface area contributed by atoms with Crippen molar-refractivity contribution in [3.8, 4) is 0 Å². The lowest BCUT2D eigenvalue weighted by atomic mass is 10.2. The van der Waals surface area contributed by atoms with Gasteiger partial charge < -0.3 is 15.5 Å². The van der Waals surface area contributed by atoms with Gasteiger partial charge in [0.1, 0.15) is 0 Å². The van der Waals surface area contributed by atoms with E-state index in [0.717, 1.165) is 30.0 Å². The lowest BCUT2D eigenvalue weighted by Gasteiger charge is -2.18. The van der Waals surface area contributed by atoms with Gasteiger partial charge in [0, 0.05) is 41.1 Å². The maximum atomic E-state index is 12.1. The van der Waals surface area contributed by atoms with Crippen LogP contribution in [0.5, 0.6) is 0 Å². The number of rotatable bonds is 4. The summed E-state index contributed by atoms with van der Waals surface area (Å²) < 4.78 is 0. The van der Waals surface area contributed by atoms with Crippen LogP contribution in [0.3, 0.4) is 0 Å². The SMILES string of the molecule is O=C(NCc1ccc(Cl)cc1Cl)Nc1cccc(N2CCCC2)c1. The molecule has 2 amide bonds. The van der Waals surface area contributed by atoms with Crippen molar-refractivity contribution in [1.29, 1.82) is 0 Å². The van der Waals surface area contributed by atoms with Crippen molar-refractivity contribution in [2.45, 2.75) is 19.4 Å². The van der Waals surface area contributed by atoms with Crippen LogP contribution in [0.25, 0.3) is 0 Å². The number of carbonyl (C=O) groups excluding carboxylic acids is 1. The first-order valence-corrected chi connectivity index (χ1v) is 8.71. The Morgan fingerprint density at radius 1 is 1.08 bits per heavy atom. The molecule has 2 aromatic carbocycles. The van der Waals surface area contributed by atoms with Crippen LogP contribution in [0.15, 0.2) is 42.5 Å². The van der Waals surface area contributed by atoms with Gasteiger partial charge in [-0.2, -0.15) is 0 Å². The molecule has 1 heterocycles. The van der Waals surface area contributed by atoms with Gasteiger partial charge in [-0.25, -0.2) is 4.79 Å². The Kier molecular flexibility index (Phi) is 5.48. The van der Waals surface area contributed by atoms with Crippen molar-refractivity contribution in [3.05, 3.63) is 58.1 Å².